The molecule has 1 fully saturated rings. The first-order chi connectivity index (χ1) is 13.9. The highest BCUT2D eigenvalue weighted by Gasteiger charge is 2.19. The Bertz CT molecular complexity index is 766. The van der Waals surface area contributed by atoms with Crippen molar-refractivity contribution in [3.05, 3.63) is 28.8 Å². The fourth-order valence-electron chi connectivity index (χ4n) is 3.09. The van der Waals surface area contributed by atoms with Gasteiger partial charge in [0, 0.05) is 18.2 Å². The van der Waals surface area contributed by atoms with E-state index < -0.39 is 11.9 Å². The van der Waals surface area contributed by atoms with Crippen LogP contribution in [0, 0.1) is 0 Å². The zero-order valence-electron chi connectivity index (χ0n) is 16.4. The van der Waals surface area contributed by atoms with Crippen LogP contribution in [0.25, 0.3) is 0 Å². The van der Waals surface area contributed by atoms with Crippen molar-refractivity contribution in [2.24, 2.45) is 0 Å². The molecule has 0 heterocycles. The van der Waals surface area contributed by atoms with Crippen LogP contribution in [-0.2, 0) is 14.3 Å². The number of ether oxygens (including phenoxy) is 1. The number of halogens is 1. The molecule has 0 spiro atoms. The van der Waals surface area contributed by atoms with Gasteiger partial charge in [-0.15, -0.1) is 0 Å². The summed E-state index contributed by atoms with van der Waals surface area (Å²) < 4.78 is 4.78. The Kier molecular flexibility index (Phi) is 9.34. The molecule has 0 aliphatic heterocycles. The Morgan fingerprint density at radius 2 is 1.90 bits per heavy atom. The molecule has 1 aromatic rings. The SMILES string of the molecule is CCOC(=O)CCC(=O)NC(=S)Nc1ccc(Cl)c(C(=O)NC2CCCCC2)c1. The van der Waals surface area contributed by atoms with Crippen LogP contribution < -0.4 is 16.0 Å². The Morgan fingerprint density at radius 3 is 2.59 bits per heavy atom. The van der Waals surface area contributed by atoms with Gasteiger partial charge in [-0.25, -0.2) is 0 Å². The van der Waals surface area contributed by atoms with Gasteiger partial charge in [-0.3, -0.25) is 14.4 Å². The Labute approximate surface area is 180 Å². The lowest BCUT2D eigenvalue weighted by atomic mass is 9.95. The minimum Gasteiger partial charge on any atom is -0.466 e. The molecule has 0 aromatic heterocycles. The lowest BCUT2D eigenvalue weighted by Crippen LogP contribution is -2.36. The smallest absolute Gasteiger partial charge is 0.306 e. The van der Waals surface area contributed by atoms with Crippen LogP contribution in [-0.4, -0.2) is 35.5 Å². The first-order valence-electron chi connectivity index (χ1n) is 9.76. The van der Waals surface area contributed by atoms with Crippen LogP contribution in [0.1, 0.15) is 62.2 Å². The highest BCUT2D eigenvalue weighted by Crippen LogP contribution is 2.22. The third-order valence-corrected chi connectivity index (χ3v) is 5.06. The van der Waals surface area contributed by atoms with Crippen LogP contribution in [0.2, 0.25) is 5.02 Å². The van der Waals surface area contributed by atoms with E-state index in [2.05, 4.69) is 16.0 Å². The topological polar surface area (TPSA) is 96.5 Å². The van der Waals surface area contributed by atoms with Crippen LogP contribution in [0.15, 0.2) is 18.2 Å². The van der Waals surface area contributed by atoms with Crippen molar-refractivity contribution in [1.82, 2.24) is 10.6 Å². The summed E-state index contributed by atoms with van der Waals surface area (Å²) in [5.41, 5.74) is 0.873. The Morgan fingerprint density at radius 1 is 1.17 bits per heavy atom. The van der Waals surface area contributed by atoms with E-state index in [-0.39, 0.29) is 36.5 Å². The van der Waals surface area contributed by atoms with Gasteiger partial charge in [0.25, 0.3) is 5.91 Å². The first kappa shape index (κ1) is 23.1. The summed E-state index contributed by atoms with van der Waals surface area (Å²) in [4.78, 5) is 35.8. The number of carbonyl (C=O) groups is 3. The van der Waals surface area contributed by atoms with Gasteiger partial charge in [-0.1, -0.05) is 30.9 Å². The van der Waals surface area contributed by atoms with E-state index in [1.165, 1.54) is 6.42 Å². The normalized spacial score (nSPS) is 14.0. The molecule has 1 aliphatic rings. The second-order valence-corrected chi connectivity index (χ2v) is 7.63. The second kappa shape index (κ2) is 11.7. The van der Waals surface area contributed by atoms with E-state index in [1.54, 1.807) is 25.1 Å². The fraction of sp³-hybridized carbons (Fsp3) is 0.500. The van der Waals surface area contributed by atoms with Crippen molar-refractivity contribution in [2.45, 2.75) is 57.9 Å². The minimum atomic E-state index is -0.437. The molecule has 0 unspecified atom stereocenters. The van der Waals surface area contributed by atoms with E-state index in [9.17, 15) is 14.4 Å². The molecule has 7 nitrogen and oxygen atoms in total. The van der Waals surface area contributed by atoms with Crippen molar-refractivity contribution in [3.63, 3.8) is 0 Å². The largest absolute Gasteiger partial charge is 0.466 e. The third kappa shape index (κ3) is 7.98. The number of amides is 2. The van der Waals surface area contributed by atoms with E-state index in [0.717, 1.165) is 25.7 Å². The molecule has 9 heteroatoms. The average Bonchev–Trinajstić information content (AvgIpc) is 2.68. The number of nitrogens with one attached hydrogen (secondary N) is 3. The van der Waals surface area contributed by atoms with Gasteiger partial charge in [-0.05, 0) is 50.2 Å². The summed E-state index contributed by atoms with van der Waals surface area (Å²) in [5, 5.41) is 8.79. The van der Waals surface area contributed by atoms with E-state index in [4.69, 9.17) is 28.6 Å². The number of anilines is 1. The van der Waals surface area contributed by atoms with E-state index >= 15 is 0 Å². The maximum atomic E-state index is 12.6. The van der Waals surface area contributed by atoms with E-state index in [0.29, 0.717) is 16.3 Å². The predicted octanol–water partition coefficient (Wildman–Crippen LogP) is 3.56. The number of rotatable bonds is 7. The first-order valence-corrected chi connectivity index (χ1v) is 10.5. The Hall–Kier alpha value is -2.19. The molecule has 1 aromatic carbocycles. The van der Waals surface area contributed by atoms with Gasteiger partial charge < -0.3 is 20.7 Å². The maximum absolute atomic E-state index is 12.6. The van der Waals surface area contributed by atoms with Crippen LogP contribution in [0.4, 0.5) is 5.69 Å². The van der Waals surface area contributed by atoms with Gasteiger partial charge in [0.2, 0.25) is 5.91 Å². The Balaban J connectivity index is 1.89. The summed E-state index contributed by atoms with van der Waals surface area (Å²) >= 11 is 11.3. The van der Waals surface area contributed by atoms with Crippen LogP contribution in [0.5, 0.6) is 0 Å². The molecule has 1 aliphatic carbocycles. The van der Waals surface area contributed by atoms with Crippen LogP contribution >= 0.6 is 23.8 Å². The molecule has 2 amide bonds. The molecule has 158 valence electrons. The summed E-state index contributed by atoms with van der Waals surface area (Å²) in [6, 6.07) is 5.03. The summed E-state index contributed by atoms with van der Waals surface area (Å²) in [6.45, 7) is 1.97. The molecule has 0 radical (unpaired) electrons. The summed E-state index contributed by atoms with van der Waals surface area (Å²) in [6.07, 6.45) is 5.34. The standard InChI is InChI=1S/C20H26ClN3O4S/c1-2-28-18(26)11-10-17(25)24-20(29)23-14-8-9-16(21)15(12-14)19(27)22-13-6-4-3-5-7-13/h8-9,12-13H,2-7,10-11H2,1H3,(H,22,27)(H2,23,24,25,29). The van der Waals surface area contributed by atoms with Gasteiger partial charge in [-0.2, -0.15) is 0 Å². The van der Waals surface area contributed by atoms with Crippen molar-refractivity contribution in [3.8, 4) is 0 Å². The highest BCUT2D eigenvalue weighted by molar-refractivity contribution is 7.80. The predicted molar refractivity (Wildman–Crippen MR) is 116 cm³/mol. The second-order valence-electron chi connectivity index (χ2n) is 6.81. The number of carbonyl (C=O) groups excluding carboxylic acids is 3. The van der Waals surface area contributed by atoms with Crippen molar-refractivity contribution >= 4 is 52.4 Å². The van der Waals surface area contributed by atoms with Crippen LogP contribution in [0.3, 0.4) is 0 Å². The van der Waals surface area contributed by atoms with Gasteiger partial charge in [0.15, 0.2) is 5.11 Å². The fourth-order valence-corrected chi connectivity index (χ4v) is 3.52. The van der Waals surface area contributed by atoms with Gasteiger partial charge in [0.05, 0.1) is 23.6 Å². The number of esters is 1. The molecule has 29 heavy (non-hydrogen) atoms. The highest BCUT2D eigenvalue weighted by atomic mass is 35.5. The quantitative estimate of drug-likeness (QED) is 0.444. The minimum absolute atomic E-state index is 0.0191. The summed E-state index contributed by atoms with van der Waals surface area (Å²) in [5.74, 6) is -1.07. The lowest BCUT2D eigenvalue weighted by Gasteiger charge is -2.23. The molecule has 0 atom stereocenters. The zero-order valence-corrected chi connectivity index (χ0v) is 18.0. The van der Waals surface area contributed by atoms with Crippen molar-refractivity contribution in [1.29, 1.82) is 0 Å². The molecular weight excluding hydrogens is 414 g/mol. The lowest BCUT2D eigenvalue weighted by molar-refractivity contribution is -0.144. The number of benzene rings is 1. The maximum Gasteiger partial charge on any atom is 0.306 e. The number of hydrogen-bond donors (Lipinski definition) is 3. The molecule has 0 bridgehead atoms. The number of thiocarbonyl (C=S) groups is 1. The molecule has 3 N–H and O–H groups in total. The molecular formula is C20H26ClN3O4S. The zero-order chi connectivity index (χ0) is 21.2. The molecule has 2 rings (SSSR count). The van der Waals surface area contributed by atoms with Gasteiger partial charge >= 0.3 is 5.97 Å². The third-order valence-electron chi connectivity index (χ3n) is 4.52. The van der Waals surface area contributed by atoms with E-state index in [1.807, 2.05) is 0 Å². The average molecular weight is 440 g/mol. The summed E-state index contributed by atoms with van der Waals surface area (Å²) in [7, 11) is 0. The number of hydrogen-bond acceptors (Lipinski definition) is 5. The van der Waals surface area contributed by atoms with Crippen molar-refractivity contribution in [2.75, 3.05) is 11.9 Å². The van der Waals surface area contributed by atoms with Gasteiger partial charge in [0.1, 0.15) is 0 Å². The monoisotopic (exact) mass is 439 g/mol. The molecule has 0 saturated heterocycles. The molecule has 1 saturated carbocycles. The van der Waals surface area contributed by atoms with Crippen molar-refractivity contribution < 1.29 is 19.1 Å².